The van der Waals surface area contributed by atoms with Gasteiger partial charge in [-0.2, -0.15) is 0 Å². The second kappa shape index (κ2) is 7.79. The van der Waals surface area contributed by atoms with Gasteiger partial charge in [-0.1, -0.05) is 26.0 Å². The first-order chi connectivity index (χ1) is 9.08. The Labute approximate surface area is 115 Å². The van der Waals surface area contributed by atoms with E-state index in [1.165, 1.54) is 0 Å². The molecule has 2 atom stereocenters. The third kappa shape index (κ3) is 4.91. The average Bonchev–Trinajstić information content (AvgIpc) is 2.44. The summed E-state index contributed by atoms with van der Waals surface area (Å²) in [7, 11) is 1.64. The van der Waals surface area contributed by atoms with Gasteiger partial charge in [0.2, 0.25) is 5.91 Å². The van der Waals surface area contributed by atoms with Gasteiger partial charge in [-0.25, -0.2) is 0 Å². The van der Waals surface area contributed by atoms with Gasteiger partial charge in [-0.05, 0) is 31.2 Å². The lowest BCUT2D eigenvalue weighted by Crippen LogP contribution is -2.36. The Hall–Kier alpha value is -1.55. The standard InChI is InChI=1S/C15H24N2O2/c1-5-16-10-11(2)15(18)17-12(3)13-7-6-8-14(9-13)19-4/h6-9,11-12,16H,5,10H2,1-4H3,(H,17,18). The zero-order valence-electron chi connectivity index (χ0n) is 12.2. The summed E-state index contributed by atoms with van der Waals surface area (Å²) in [6.07, 6.45) is 0. The van der Waals surface area contributed by atoms with Crippen LogP contribution in [0.4, 0.5) is 0 Å². The van der Waals surface area contributed by atoms with Crippen molar-refractivity contribution in [3.05, 3.63) is 29.8 Å². The lowest BCUT2D eigenvalue weighted by molar-refractivity contribution is -0.125. The van der Waals surface area contributed by atoms with Gasteiger partial charge in [0.25, 0.3) is 0 Å². The predicted octanol–water partition coefficient (Wildman–Crippen LogP) is 2.12. The topological polar surface area (TPSA) is 50.4 Å². The predicted molar refractivity (Wildman–Crippen MR) is 77.3 cm³/mol. The molecule has 0 fully saturated rings. The number of rotatable bonds is 7. The molecule has 0 aliphatic rings. The molecule has 0 radical (unpaired) electrons. The summed E-state index contributed by atoms with van der Waals surface area (Å²) >= 11 is 0. The minimum atomic E-state index is -0.0343. The zero-order valence-corrected chi connectivity index (χ0v) is 12.2. The van der Waals surface area contributed by atoms with Crippen LogP contribution in [0.5, 0.6) is 5.75 Å². The second-order valence-electron chi connectivity index (χ2n) is 4.72. The summed E-state index contributed by atoms with van der Waals surface area (Å²) < 4.78 is 5.19. The van der Waals surface area contributed by atoms with Crippen molar-refractivity contribution in [2.75, 3.05) is 20.2 Å². The Morgan fingerprint density at radius 1 is 1.37 bits per heavy atom. The van der Waals surface area contributed by atoms with Crippen molar-refractivity contribution in [1.29, 1.82) is 0 Å². The first-order valence-corrected chi connectivity index (χ1v) is 6.73. The Balaban J connectivity index is 2.58. The van der Waals surface area contributed by atoms with Crippen molar-refractivity contribution in [2.45, 2.75) is 26.8 Å². The monoisotopic (exact) mass is 264 g/mol. The molecule has 1 amide bonds. The van der Waals surface area contributed by atoms with Crippen LogP contribution in [0.3, 0.4) is 0 Å². The van der Waals surface area contributed by atoms with E-state index in [1.807, 2.05) is 45.0 Å². The number of amides is 1. The van der Waals surface area contributed by atoms with Crippen molar-refractivity contribution in [1.82, 2.24) is 10.6 Å². The molecule has 0 aliphatic carbocycles. The fourth-order valence-electron chi connectivity index (χ4n) is 1.80. The van der Waals surface area contributed by atoms with E-state index in [1.54, 1.807) is 7.11 Å². The van der Waals surface area contributed by atoms with Crippen LogP contribution >= 0.6 is 0 Å². The van der Waals surface area contributed by atoms with Crippen LogP contribution in [0.2, 0.25) is 0 Å². The van der Waals surface area contributed by atoms with Gasteiger partial charge in [-0.3, -0.25) is 4.79 Å². The van der Waals surface area contributed by atoms with E-state index < -0.39 is 0 Å². The molecule has 0 aromatic heterocycles. The van der Waals surface area contributed by atoms with Crippen LogP contribution in [0.25, 0.3) is 0 Å². The molecule has 106 valence electrons. The Morgan fingerprint density at radius 2 is 2.11 bits per heavy atom. The number of ether oxygens (including phenoxy) is 1. The smallest absolute Gasteiger partial charge is 0.224 e. The third-order valence-electron chi connectivity index (χ3n) is 3.10. The molecule has 4 heteroatoms. The van der Waals surface area contributed by atoms with E-state index in [-0.39, 0.29) is 17.9 Å². The first-order valence-electron chi connectivity index (χ1n) is 6.73. The first kappa shape index (κ1) is 15.5. The number of benzene rings is 1. The van der Waals surface area contributed by atoms with Crippen molar-refractivity contribution < 1.29 is 9.53 Å². The number of methoxy groups -OCH3 is 1. The number of nitrogens with one attached hydrogen (secondary N) is 2. The highest BCUT2D eigenvalue weighted by atomic mass is 16.5. The highest BCUT2D eigenvalue weighted by molar-refractivity contribution is 5.78. The van der Waals surface area contributed by atoms with Crippen molar-refractivity contribution >= 4 is 5.91 Å². The van der Waals surface area contributed by atoms with Crippen LogP contribution in [0.1, 0.15) is 32.4 Å². The van der Waals surface area contributed by atoms with E-state index in [4.69, 9.17) is 4.74 Å². The summed E-state index contributed by atoms with van der Waals surface area (Å²) in [5.74, 6) is 0.837. The second-order valence-corrected chi connectivity index (χ2v) is 4.72. The van der Waals surface area contributed by atoms with Crippen LogP contribution in [0, 0.1) is 5.92 Å². The zero-order chi connectivity index (χ0) is 14.3. The molecule has 4 nitrogen and oxygen atoms in total. The average molecular weight is 264 g/mol. The van der Waals surface area contributed by atoms with Crippen LogP contribution in [-0.4, -0.2) is 26.1 Å². The van der Waals surface area contributed by atoms with E-state index in [2.05, 4.69) is 10.6 Å². The molecule has 2 unspecified atom stereocenters. The maximum atomic E-state index is 12.0. The van der Waals surface area contributed by atoms with Crippen LogP contribution in [0.15, 0.2) is 24.3 Å². The van der Waals surface area contributed by atoms with Gasteiger partial charge < -0.3 is 15.4 Å². The fraction of sp³-hybridized carbons (Fsp3) is 0.533. The minimum absolute atomic E-state index is 0.0216. The molecule has 0 saturated carbocycles. The van der Waals surface area contributed by atoms with Crippen molar-refractivity contribution in [3.63, 3.8) is 0 Å². The number of hydrogen-bond acceptors (Lipinski definition) is 3. The Morgan fingerprint density at radius 3 is 2.74 bits per heavy atom. The van der Waals surface area contributed by atoms with Gasteiger partial charge in [0.15, 0.2) is 0 Å². The minimum Gasteiger partial charge on any atom is -0.497 e. The summed E-state index contributed by atoms with van der Waals surface area (Å²) in [5.41, 5.74) is 1.04. The molecular weight excluding hydrogens is 240 g/mol. The summed E-state index contributed by atoms with van der Waals surface area (Å²) in [6, 6.07) is 7.74. The maximum absolute atomic E-state index is 12.0. The molecule has 2 N–H and O–H groups in total. The van der Waals surface area contributed by atoms with Gasteiger partial charge in [0.05, 0.1) is 13.2 Å². The number of carbonyl (C=O) groups is 1. The van der Waals surface area contributed by atoms with E-state index in [0.29, 0.717) is 6.54 Å². The normalized spacial score (nSPS) is 13.7. The molecular formula is C15H24N2O2. The van der Waals surface area contributed by atoms with E-state index in [0.717, 1.165) is 17.9 Å². The number of carbonyl (C=O) groups excluding carboxylic acids is 1. The van der Waals surface area contributed by atoms with Gasteiger partial charge in [0, 0.05) is 12.5 Å². The van der Waals surface area contributed by atoms with Crippen LogP contribution in [-0.2, 0) is 4.79 Å². The Bertz CT molecular complexity index is 407. The fourth-order valence-corrected chi connectivity index (χ4v) is 1.80. The van der Waals surface area contributed by atoms with Crippen molar-refractivity contribution in [3.8, 4) is 5.75 Å². The molecule has 0 saturated heterocycles. The molecule has 19 heavy (non-hydrogen) atoms. The van der Waals surface area contributed by atoms with E-state index in [9.17, 15) is 4.79 Å². The SMILES string of the molecule is CCNCC(C)C(=O)NC(C)c1cccc(OC)c1. The lowest BCUT2D eigenvalue weighted by atomic mass is 10.1. The summed E-state index contributed by atoms with van der Waals surface area (Å²) in [6.45, 7) is 7.52. The Kier molecular flexibility index (Phi) is 6.36. The maximum Gasteiger partial charge on any atom is 0.224 e. The molecule has 1 rings (SSSR count). The van der Waals surface area contributed by atoms with Crippen LogP contribution < -0.4 is 15.4 Å². The lowest BCUT2D eigenvalue weighted by Gasteiger charge is -2.18. The molecule has 0 heterocycles. The summed E-state index contributed by atoms with van der Waals surface area (Å²) in [5, 5.41) is 6.20. The highest BCUT2D eigenvalue weighted by Crippen LogP contribution is 2.18. The number of hydrogen-bond donors (Lipinski definition) is 2. The summed E-state index contributed by atoms with van der Waals surface area (Å²) in [4.78, 5) is 12.0. The largest absolute Gasteiger partial charge is 0.497 e. The molecule has 1 aromatic carbocycles. The van der Waals surface area contributed by atoms with Gasteiger partial charge in [0.1, 0.15) is 5.75 Å². The molecule has 0 spiro atoms. The third-order valence-corrected chi connectivity index (χ3v) is 3.10. The van der Waals surface area contributed by atoms with Crippen molar-refractivity contribution in [2.24, 2.45) is 5.92 Å². The molecule has 0 aliphatic heterocycles. The molecule has 1 aromatic rings. The highest BCUT2D eigenvalue weighted by Gasteiger charge is 2.15. The van der Waals surface area contributed by atoms with E-state index >= 15 is 0 Å². The van der Waals surface area contributed by atoms with Gasteiger partial charge in [-0.15, -0.1) is 0 Å². The molecule has 0 bridgehead atoms. The van der Waals surface area contributed by atoms with Gasteiger partial charge >= 0.3 is 0 Å². The quantitative estimate of drug-likeness (QED) is 0.793.